The van der Waals surface area contributed by atoms with E-state index in [1.54, 1.807) is 35.7 Å². The van der Waals surface area contributed by atoms with Crippen molar-refractivity contribution in [2.45, 2.75) is 12.1 Å². The molecule has 142 valence electrons. The summed E-state index contributed by atoms with van der Waals surface area (Å²) >= 11 is 0. The van der Waals surface area contributed by atoms with Gasteiger partial charge in [-0.1, -0.05) is 0 Å². The first-order valence-corrected chi connectivity index (χ1v) is 10.1. The van der Waals surface area contributed by atoms with Crippen molar-refractivity contribution >= 4 is 15.5 Å². The zero-order valence-corrected chi connectivity index (χ0v) is 15.7. The Kier molecular flexibility index (Phi) is 4.07. The van der Waals surface area contributed by atoms with Crippen LogP contribution in [0, 0.1) is 17.6 Å². The summed E-state index contributed by atoms with van der Waals surface area (Å²) in [6, 6.07) is 7.38. The van der Waals surface area contributed by atoms with Crippen molar-refractivity contribution in [2.75, 3.05) is 6.26 Å². The van der Waals surface area contributed by atoms with Crippen LogP contribution in [0.1, 0.15) is 5.69 Å². The third kappa shape index (κ3) is 2.97. The second kappa shape index (κ2) is 6.34. The second-order valence-electron chi connectivity index (χ2n) is 6.28. The Hall–Kier alpha value is -3.40. The van der Waals surface area contributed by atoms with Gasteiger partial charge in [0.25, 0.3) is 5.69 Å². The molecule has 3 heterocycles. The number of nitrogens with zero attached hydrogens (tertiary/aromatic N) is 4. The van der Waals surface area contributed by atoms with Gasteiger partial charge in [-0.3, -0.25) is 4.40 Å². The minimum absolute atomic E-state index is 0.309. The van der Waals surface area contributed by atoms with Crippen LogP contribution in [0.4, 0.5) is 4.39 Å². The topological polar surface area (TPSA) is 103 Å². The normalized spacial score (nSPS) is 11.8. The molecule has 8 nitrogen and oxygen atoms in total. The van der Waals surface area contributed by atoms with Gasteiger partial charge in [-0.25, -0.2) is 22.8 Å². The molecule has 1 aromatic carbocycles. The molecule has 0 aliphatic rings. The molecule has 0 bridgehead atoms. The van der Waals surface area contributed by atoms with E-state index in [4.69, 9.17) is 0 Å². The maximum Gasteiger partial charge on any atom is 0.277 e. The number of H-pyrrole nitrogens is 1. The van der Waals surface area contributed by atoms with E-state index >= 15 is 0 Å². The van der Waals surface area contributed by atoms with Crippen LogP contribution in [-0.4, -0.2) is 34.0 Å². The van der Waals surface area contributed by atoms with Crippen LogP contribution >= 0.6 is 0 Å². The number of imidazole rings is 1. The van der Waals surface area contributed by atoms with E-state index in [1.165, 1.54) is 24.5 Å². The average Bonchev–Trinajstić information content (AvgIpc) is 3.05. The van der Waals surface area contributed by atoms with Gasteiger partial charge in [0.2, 0.25) is 21.2 Å². The third-order valence-corrected chi connectivity index (χ3v) is 5.19. The Bertz CT molecular complexity index is 1370. The van der Waals surface area contributed by atoms with Crippen LogP contribution in [0.15, 0.2) is 54.1 Å². The number of hydrogen-bond acceptors (Lipinski definition) is 5. The molecule has 4 rings (SSSR count). The highest BCUT2D eigenvalue weighted by Gasteiger charge is 2.22. The minimum Gasteiger partial charge on any atom is -0.334 e. The molecule has 0 aliphatic carbocycles. The van der Waals surface area contributed by atoms with Crippen molar-refractivity contribution in [3.63, 3.8) is 0 Å². The van der Waals surface area contributed by atoms with Gasteiger partial charge in [0.1, 0.15) is 5.82 Å². The number of fused-ring (bicyclic) bond motifs is 1. The molecular weight excluding hydrogens is 385 g/mol. The monoisotopic (exact) mass is 400 g/mol. The fraction of sp³-hybridized carbons (Fsp3) is 0.111. The van der Waals surface area contributed by atoms with Crippen LogP contribution in [0.5, 0.6) is 0 Å². The van der Waals surface area contributed by atoms with Gasteiger partial charge in [0, 0.05) is 29.8 Å². The highest BCUT2D eigenvalue weighted by Crippen LogP contribution is 2.32. The quantitative estimate of drug-likeness (QED) is 0.419. The maximum atomic E-state index is 13.4. The van der Waals surface area contributed by atoms with E-state index in [0.29, 0.717) is 38.4 Å². The highest BCUT2D eigenvalue weighted by atomic mass is 32.2. The second-order valence-corrected chi connectivity index (χ2v) is 8.19. The SMILES string of the molecule is Cc1c2[nH]c(-c3ccc(F)cc3)c(-c3ccnc(S(C)(=O)=O)n3)n2cc[n+]1=O. The number of halogens is 1. The molecule has 0 saturated heterocycles. The summed E-state index contributed by atoms with van der Waals surface area (Å²) in [7, 11) is -3.61. The van der Waals surface area contributed by atoms with E-state index in [1.807, 2.05) is 0 Å². The summed E-state index contributed by atoms with van der Waals surface area (Å²) in [5.41, 5.74) is 3.00. The largest absolute Gasteiger partial charge is 0.334 e. The number of nitrogens with one attached hydrogen (secondary N) is 1. The van der Waals surface area contributed by atoms with Crippen LogP contribution in [0.3, 0.4) is 0 Å². The minimum atomic E-state index is -3.61. The van der Waals surface area contributed by atoms with Crippen molar-refractivity contribution < 1.29 is 17.2 Å². The van der Waals surface area contributed by atoms with E-state index in [2.05, 4.69) is 15.0 Å². The van der Waals surface area contributed by atoms with Crippen LogP contribution < -0.4 is 4.43 Å². The van der Waals surface area contributed by atoms with Gasteiger partial charge in [-0.2, -0.15) is 0 Å². The zero-order chi connectivity index (χ0) is 20.1. The van der Waals surface area contributed by atoms with Crippen LogP contribution in [-0.2, 0) is 9.84 Å². The molecular formula is C18H15FN5O3S+. The molecule has 0 fully saturated rings. The first-order chi connectivity index (χ1) is 13.3. The van der Waals surface area contributed by atoms with Gasteiger partial charge in [0.05, 0.1) is 27.7 Å². The fourth-order valence-electron chi connectivity index (χ4n) is 2.96. The van der Waals surface area contributed by atoms with Gasteiger partial charge < -0.3 is 4.98 Å². The Morgan fingerprint density at radius 1 is 1.18 bits per heavy atom. The molecule has 4 aromatic rings. The van der Waals surface area contributed by atoms with Crippen molar-refractivity contribution in [3.05, 3.63) is 65.3 Å². The number of aromatic nitrogens is 5. The maximum absolute atomic E-state index is 13.4. The lowest BCUT2D eigenvalue weighted by atomic mass is 10.1. The first-order valence-electron chi connectivity index (χ1n) is 8.21. The molecule has 0 atom stereocenters. The predicted molar refractivity (Wildman–Crippen MR) is 99.4 cm³/mol. The van der Waals surface area contributed by atoms with Gasteiger partial charge in [-0.15, -0.1) is 0 Å². The summed E-state index contributed by atoms with van der Waals surface area (Å²) in [5, 5.41) is -0.309. The molecule has 0 saturated carbocycles. The highest BCUT2D eigenvalue weighted by molar-refractivity contribution is 7.90. The van der Waals surface area contributed by atoms with E-state index in [9.17, 15) is 17.7 Å². The standard InChI is InChI=1S/C18H15FN5O3S/c1-11-17-22-15(12-3-5-13(19)6-4-12)16(23(17)9-10-24(11)25)14-7-8-20-18(21-14)28(2,26)27/h3-10,22H,1-2H3/q+1. The number of benzene rings is 1. The Morgan fingerprint density at radius 3 is 2.57 bits per heavy atom. The molecule has 0 unspecified atom stereocenters. The molecule has 10 heteroatoms. The summed E-state index contributed by atoms with van der Waals surface area (Å²) in [4.78, 5) is 23.2. The summed E-state index contributed by atoms with van der Waals surface area (Å²) in [6.07, 6.45) is 5.28. The lowest BCUT2D eigenvalue weighted by molar-refractivity contribution is -0.501. The number of aryl methyl sites for hydroxylation is 1. The number of rotatable bonds is 3. The van der Waals surface area contributed by atoms with Crippen molar-refractivity contribution in [1.82, 2.24) is 19.4 Å². The van der Waals surface area contributed by atoms with E-state index < -0.39 is 9.84 Å². The molecule has 0 amide bonds. The summed E-state index contributed by atoms with van der Waals surface area (Å²) in [5.74, 6) is -0.385. The van der Waals surface area contributed by atoms with Crippen LogP contribution in [0.25, 0.3) is 28.3 Å². The van der Waals surface area contributed by atoms with Crippen molar-refractivity contribution in [2.24, 2.45) is 0 Å². The smallest absolute Gasteiger partial charge is 0.277 e. The number of aromatic amines is 1. The molecule has 0 radical (unpaired) electrons. The van der Waals surface area contributed by atoms with Gasteiger partial charge >= 0.3 is 0 Å². The molecule has 28 heavy (non-hydrogen) atoms. The van der Waals surface area contributed by atoms with Gasteiger partial charge in [-0.05, 0) is 30.3 Å². The number of hydrogen-bond donors (Lipinski definition) is 1. The zero-order valence-electron chi connectivity index (χ0n) is 14.9. The van der Waals surface area contributed by atoms with Crippen molar-refractivity contribution in [3.8, 4) is 22.6 Å². The molecule has 0 spiro atoms. The summed E-state index contributed by atoms with van der Waals surface area (Å²) in [6.45, 7) is 1.65. The Labute approximate surface area is 158 Å². The van der Waals surface area contributed by atoms with Crippen molar-refractivity contribution in [1.29, 1.82) is 0 Å². The lowest BCUT2D eigenvalue weighted by Gasteiger charge is -2.06. The average molecular weight is 400 g/mol. The molecule has 1 N–H and O–H groups in total. The molecule has 3 aromatic heterocycles. The lowest BCUT2D eigenvalue weighted by Crippen LogP contribution is -2.19. The van der Waals surface area contributed by atoms with Crippen LogP contribution in [0.2, 0.25) is 0 Å². The summed E-state index contributed by atoms with van der Waals surface area (Å²) < 4.78 is 39.6. The number of sulfone groups is 1. The van der Waals surface area contributed by atoms with E-state index in [0.717, 1.165) is 6.26 Å². The third-order valence-electron chi connectivity index (χ3n) is 4.33. The van der Waals surface area contributed by atoms with E-state index in [-0.39, 0.29) is 11.0 Å². The fourth-order valence-corrected chi connectivity index (χ4v) is 3.47. The first kappa shape index (κ1) is 18.0. The Morgan fingerprint density at radius 2 is 1.89 bits per heavy atom. The molecule has 0 aliphatic heterocycles. The predicted octanol–water partition coefficient (Wildman–Crippen LogP) is 2.16. The van der Waals surface area contributed by atoms with Gasteiger partial charge in [0.15, 0.2) is 5.65 Å². The Balaban J connectivity index is 2.09.